The van der Waals surface area contributed by atoms with Gasteiger partial charge in [0, 0.05) is 6.61 Å². The van der Waals surface area contributed by atoms with Crippen molar-refractivity contribution in [1.82, 2.24) is 5.32 Å². The number of likely N-dealkylation sites (N-methyl/N-ethyl adjacent to an activating group) is 1. The lowest BCUT2D eigenvalue weighted by atomic mass is 10.1. The van der Waals surface area contributed by atoms with E-state index in [1.807, 2.05) is 13.1 Å². The van der Waals surface area contributed by atoms with Crippen LogP contribution in [0, 0.1) is 5.82 Å². The summed E-state index contributed by atoms with van der Waals surface area (Å²) in [6.45, 7) is 3.34. The van der Waals surface area contributed by atoms with Gasteiger partial charge in [0.25, 0.3) is 0 Å². The minimum atomic E-state index is -0.242. The van der Waals surface area contributed by atoms with Gasteiger partial charge in [-0.3, -0.25) is 0 Å². The van der Waals surface area contributed by atoms with Gasteiger partial charge in [-0.05, 0) is 41.0 Å². The number of hydrogen-bond acceptors (Lipinski definition) is 2. The van der Waals surface area contributed by atoms with Crippen LogP contribution in [0.15, 0.2) is 22.7 Å². The van der Waals surface area contributed by atoms with Crippen LogP contribution in [0.4, 0.5) is 4.39 Å². The molecule has 1 unspecified atom stereocenters. The number of halogens is 2. The molecule has 1 atom stereocenters. The number of rotatable bonds is 6. The molecule has 0 saturated carbocycles. The van der Waals surface area contributed by atoms with E-state index in [4.69, 9.17) is 4.74 Å². The number of hydrogen-bond donors (Lipinski definition) is 1. The Bertz CT molecular complexity index is 333. The highest BCUT2D eigenvalue weighted by atomic mass is 79.9. The fraction of sp³-hybridized carbons (Fsp3) is 0.500. The average molecular weight is 290 g/mol. The van der Waals surface area contributed by atoms with Crippen molar-refractivity contribution in [3.8, 4) is 0 Å². The number of benzene rings is 1. The standard InChI is InChI=1S/C12H17BrFNO/c1-3-7-16-8-11(15-2)9-5-4-6-10(14)12(9)13/h4-6,11,15H,3,7-8H2,1-2H3. The van der Waals surface area contributed by atoms with Crippen LogP contribution in [0.3, 0.4) is 0 Å². The van der Waals surface area contributed by atoms with E-state index in [9.17, 15) is 4.39 Å². The van der Waals surface area contributed by atoms with Crippen molar-refractivity contribution in [1.29, 1.82) is 0 Å². The predicted molar refractivity (Wildman–Crippen MR) is 67.0 cm³/mol. The Labute approximate surface area is 104 Å². The molecule has 0 aromatic heterocycles. The summed E-state index contributed by atoms with van der Waals surface area (Å²) in [5.41, 5.74) is 0.888. The van der Waals surface area contributed by atoms with E-state index < -0.39 is 0 Å². The molecule has 1 N–H and O–H groups in total. The second-order valence-electron chi connectivity index (χ2n) is 3.56. The molecule has 1 aromatic rings. The van der Waals surface area contributed by atoms with Crippen molar-refractivity contribution >= 4 is 15.9 Å². The zero-order chi connectivity index (χ0) is 12.0. The van der Waals surface area contributed by atoms with E-state index in [1.54, 1.807) is 6.07 Å². The molecule has 0 bridgehead atoms. The lowest BCUT2D eigenvalue weighted by Crippen LogP contribution is -2.22. The van der Waals surface area contributed by atoms with Crippen molar-refractivity contribution in [2.45, 2.75) is 19.4 Å². The van der Waals surface area contributed by atoms with Gasteiger partial charge < -0.3 is 10.1 Å². The van der Waals surface area contributed by atoms with Crippen LogP contribution in [0.1, 0.15) is 24.9 Å². The Hall–Kier alpha value is -0.450. The van der Waals surface area contributed by atoms with Crippen LogP contribution in [0.5, 0.6) is 0 Å². The Morgan fingerprint density at radius 2 is 2.25 bits per heavy atom. The molecule has 2 nitrogen and oxygen atoms in total. The highest BCUT2D eigenvalue weighted by Gasteiger charge is 2.14. The van der Waals surface area contributed by atoms with Crippen molar-refractivity contribution in [2.75, 3.05) is 20.3 Å². The van der Waals surface area contributed by atoms with Crippen LogP contribution in [-0.2, 0) is 4.74 Å². The van der Waals surface area contributed by atoms with E-state index in [0.29, 0.717) is 11.1 Å². The fourth-order valence-corrected chi connectivity index (χ4v) is 2.00. The summed E-state index contributed by atoms with van der Waals surface area (Å²) in [6.07, 6.45) is 0.987. The van der Waals surface area contributed by atoms with Crippen LogP contribution in [-0.4, -0.2) is 20.3 Å². The summed E-state index contributed by atoms with van der Waals surface area (Å²) in [7, 11) is 1.84. The molecule has 0 saturated heterocycles. The minimum Gasteiger partial charge on any atom is -0.379 e. The maximum Gasteiger partial charge on any atom is 0.137 e. The van der Waals surface area contributed by atoms with Gasteiger partial charge in [-0.2, -0.15) is 0 Å². The third-order valence-corrected chi connectivity index (χ3v) is 3.17. The largest absolute Gasteiger partial charge is 0.379 e. The molecule has 0 aliphatic carbocycles. The molecule has 0 amide bonds. The third-order valence-electron chi connectivity index (χ3n) is 2.34. The predicted octanol–water partition coefficient (Wildman–Crippen LogP) is 3.28. The van der Waals surface area contributed by atoms with Gasteiger partial charge in [-0.1, -0.05) is 19.1 Å². The highest BCUT2D eigenvalue weighted by Crippen LogP contribution is 2.26. The highest BCUT2D eigenvalue weighted by molar-refractivity contribution is 9.10. The molecule has 1 aromatic carbocycles. The van der Waals surface area contributed by atoms with Crippen molar-refractivity contribution < 1.29 is 9.13 Å². The van der Waals surface area contributed by atoms with E-state index >= 15 is 0 Å². The van der Waals surface area contributed by atoms with Crippen LogP contribution in [0.25, 0.3) is 0 Å². The second-order valence-corrected chi connectivity index (χ2v) is 4.35. The van der Waals surface area contributed by atoms with E-state index in [2.05, 4.69) is 28.2 Å². The molecule has 0 heterocycles. The van der Waals surface area contributed by atoms with Crippen molar-refractivity contribution in [3.63, 3.8) is 0 Å². The first-order valence-corrected chi connectivity index (χ1v) is 6.19. The third kappa shape index (κ3) is 3.54. The molecule has 1 rings (SSSR count). The van der Waals surface area contributed by atoms with Gasteiger partial charge in [0.1, 0.15) is 5.82 Å². The summed E-state index contributed by atoms with van der Waals surface area (Å²) in [5, 5.41) is 3.12. The maximum atomic E-state index is 13.3. The van der Waals surface area contributed by atoms with Crippen molar-refractivity contribution in [3.05, 3.63) is 34.1 Å². The summed E-state index contributed by atoms with van der Waals surface area (Å²) in [5.74, 6) is -0.242. The second kappa shape index (κ2) is 6.99. The average Bonchev–Trinajstić information content (AvgIpc) is 2.29. The zero-order valence-corrected chi connectivity index (χ0v) is 11.2. The van der Waals surface area contributed by atoms with Crippen LogP contribution >= 0.6 is 15.9 Å². The van der Waals surface area contributed by atoms with Gasteiger partial charge in [-0.25, -0.2) is 4.39 Å². The molecular formula is C12H17BrFNO. The van der Waals surface area contributed by atoms with E-state index in [0.717, 1.165) is 18.6 Å². The van der Waals surface area contributed by atoms with Gasteiger partial charge in [0.15, 0.2) is 0 Å². The molecule has 0 aliphatic heterocycles. The van der Waals surface area contributed by atoms with Gasteiger partial charge >= 0.3 is 0 Å². The molecule has 90 valence electrons. The summed E-state index contributed by atoms with van der Waals surface area (Å²) >= 11 is 3.26. The van der Waals surface area contributed by atoms with E-state index in [1.165, 1.54) is 6.07 Å². The Morgan fingerprint density at radius 1 is 1.50 bits per heavy atom. The van der Waals surface area contributed by atoms with Gasteiger partial charge in [0.2, 0.25) is 0 Å². The first-order chi connectivity index (χ1) is 7.70. The Balaban J connectivity index is 2.74. The smallest absolute Gasteiger partial charge is 0.137 e. The van der Waals surface area contributed by atoms with Gasteiger partial charge in [0.05, 0.1) is 17.1 Å². The molecule has 4 heteroatoms. The topological polar surface area (TPSA) is 21.3 Å². The first kappa shape index (κ1) is 13.6. The Kier molecular flexibility index (Phi) is 5.95. The maximum absolute atomic E-state index is 13.3. The van der Waals surface area contributed by atoms with Crippen molar-refractivity contribution in [2.24, 2.45) is 0 Å². The number of ether oxygens (including phenoxy) is 1. The molecule has 16 heavy (non-hydrogen) atoms. The zero-order valence-electron chi connectivity index (χ0n) is 9.59. The Morgan fingerprint density at radius 3 is 2.88 bits per heavy atom. The monoisotopic (exact) mass is 289 g/mol. The molecule has 0 aliphatic rings. The number of nitrogens with one attached hydrogen (secondary N) is 1. The van der Waals surface area contributed by atoms with Gasteiger partial charge in [-0.15, -0.1) is 0 Å². The molecule has 0 fully saturated rings. The SMILES string of the molecule is CCCOCC(NC)c1cccc(F)c1Br. The van der Waals surface area contributed by atoms with Crippen LogP contribution < -0.4 is 5.32 Å². The summed E-state index contributed by atoms with van der Waals surface area (Å²) < 4.78 is 19.3. The first-order valence-electron chi connectivity index (χ1n) is 5.39. The summed E-state index contributed by atoms with van der Waals surface area (Å²) in [6, 6.07) is 5.05. The lowest BCUT2D eigenvalue weighted by molar-refractivity contribution is 0.114. The van der Waals surface area contributed by atoms with Crippen LogP contribution in [0.2, 0.25) is 0 Å². The minimum absolute atomic E-state index is 0.0108. The quantitative estimate of drug-likeness (QED) is 0.812. The molecule has 0 radical (unpaired) electrons. The van der Waals surface area contributed by atoms with E-state index in [-0.39, 0.29) is 11.9 Å². The molecule has 0 spiro atoms. The molecular weight excluding hydrogens is 273 g/mol. The summed E-state index contributed by atoms with van der Waals surface area (Å²) in [4.78, 5) is 0. The fourth-order valence-electron chi connectivity index (χ4n) is 1.46. The normalized spacial score (nSPS) is 12.8. The lowest BCUT2D eigenvalue weighted by Gasteiger charge is -2.18.